The Morgan fingerprint density at radius 1 is 1.67 bits per heavy atom. The van der Waals surface area contributed by atoms with Crippen molar-refractivity contribution in [1.82, 2.24) is 0 Å². The van der Waals surface area contributed by atoms with Crippen molar-refractivity contribution in [2.75, 3.05) is 0 Å². The highest BCUT2D eigenvalue weighted by molar-refractivity contribution is 5.30. The molecule has 0 aromatic heterocycles. The lowest BCUT2D eigenvalue weighted by Crippen LogP contribution is -1.95. The Bertz CT molecular complexity index is 186. The Kier molecular flexibility index (Phi) is 1.44. The second-order valence-corrected chi connectivity index (χ2v) is 2.63. The molecule has 0 aromatic rings. The van der Waals surface area contributed by atoms with E-state index in [1.54, 1.807) is 0 Å². The van der Waals surface area contributed by atoms with Gasteiger partial charge in [-0.3, -0.25) is 0 Å². The molecule has 1 atom stereocenters. The Labute approximate surface area is 55.0 Å². The van der Waals surface area contributed by atoms with E-state index in [1.807, 2.05) is 0 Å². The van der Waals surface area contributed by atoms with Gasteiger partial charge in [0.25, 0.3) is 0 Å². The summed E-state index contributed by atoms with van der Waals surface area (Å²) in [6.45, 7) is 2.11. The summed E-state index contributed by atoms with van der Waals surface area (Å²) in [5, 5.41) is 8.47. The van der Waals surface area contributed by atoms with Crippen molar-refractivity contribution >= 4 is 0 Å². The van der Waals surface area contributed by atoms with Gasteiger partial charge < -0.3 is 5.73 Å². The minimum atomic E-state index is 0.583. The summed E-state index contributed by atoms with van der Waals surface area (Å²) in [6, 6.07) is 2.10. The van der Waals surface area contributed by atoms with Crippen LogP contribution in [-0.2, 0) is 0 Å². The molecule has 1 unspecified atom stereocenters. The highest BCUT2D eigenvalue weighted by atomic mass is 14.6. The van der Waals surface area contributed by atoms with Gasteiger partial charge in [0.1, 0.15) is 0 Å². The molecule has 0 fully saturated rings. The predicted octanol–water partition coefficient (Wildman–Crippen LogP) is 1.15. The minimum Gasteiger partial charge on any atom is -0.401 e. The Hall–Kier alpha value is -0.970. The van der Waals surface area contributed by atoms with Gasteiger partial charge in [-0.15, -0.1) is 0 Å². The van der Waals surface area contributed by atoms with Crippen LogP contribution in [0, 0.1) is 17.2 Å². The first-order chi connectivity index (χ1) is 4.24. The highest BCUT2D eigenvalue weighted by Crippen LogP contribution is 2.26. The van der Waals surface area contributed by atoms with Crippen LogP contribution in [0.15, 0.2) is 11.3 Å². The van der Waals surface area contributed by atoms with Gasteiger partial charge in [-0.2, -0.15) is 5.26 Å². The Morgan fingerprint density at radius 3 is 2.56 bits per heavy atom. The van der Waals surface area contributed by atoms with Crippen LogP contribution < -0.4 is 5.73 Å². The average Bonchev–Trinajstić information content (AvgIpc) is 2.10. The summed E-state index contributed by atoms with van der Waals surface area (Å²) in [5.41, 5.74) is 7.13. The van der Waals surface area contributed by atoms with Gasteiger partial charge in [0, 0.05) is 11.3 Å². The van der Waals surface area contributed by atoms with Crippen molar-refractivity contribution in [3.8, 4) is 6.07 Å². The van der Waals surface area contributed by atoms with Crippen molar-refractivity contribution < 1.29 is 0 Å². The number of hydrogen-bond donors (Lipinski definition) is 1. The van der Waals surface area contributed by atoms with Crippen LogP contribution in [0.4, 0.5) is 0 Å². The molecule has 0 amide bonds. The third-order valence-corrected chi connectivity index (χ3v) is 1.64. The molecule has 48 valence electrons. The van der Waals surface area contributed by atoms with Crippen LogP contribution >= 0.6 is 0 Å². The molecule has 2 heteroatoms. The van der Waals surface area contributed by atoms with Gasteiger partial charge in [-0.25, -0.2) is 0 Å². The molecule has 0 bridgehead atoms. The molecule has 0 radical (unpaired) electrons. The van der Waals surface area contributed by atoms with Crippen LogP contribution in [0.25, 0.3) is 0 Å². The maximum absolute atomic E-state index is 8.47. The molecule has 0 spiro atoms. The highest BCUT2D eigenvalue weighted by Gasteiger charge is 2.17. The fraction of sp³-hybridized carbons (Fsp3) is 0.571. The maximum atomic E-state index is 8.47. The van der Waals surface area contributed by atoms with Gasteiger partial charge in [-0.05, 0) is 18.8 Å². The van der Waals surface area contributed by atoms with Crippen molar-refractivity contribution in [3.63, 3.8) is 0 Å². The molecule has 0 aromatic carbocycles. The van der Waals surface area contributed by atoms with E-state index in [0.29, 0.717) is 5.92 Å². The predicted molar refractivity (Wildman–Crippen MR) is 35.2 cm³/mol. The van der Waals surface area contributed by atoms with E-state index in [2.05, 4.69) is 13.0 Å². The monoisotopic (exact) mass is 122 g/mol. The molecule has 2 N–H and O–H groups in total. The molecule has 0 saturated heterocycles. The van der Waals surface area contributed by atoms with E-state index >= 15 is 0 Å². The lowest BCUT2D eigenvalue weighted by atomic mass is 10.1. The average molecular weight is 122 g/mol. The van der Waals surface area contributed by atoms with Gasteiger partial charge in [0.05, 0.1) is 6.07 Å². The first kappa shape index (κ1) is 6.15. The van der Waals surface area contributed by atoms with Crippen LogP contribution in [0.3, 0.4) is 0 Å². The van der Waals surface area contributed by atoms with E-state index in [1.165, 1.54) is 0 Å². The van der Waals surface area contributed by atoms with Gasteiger partial charge in [0.15, 0.2) is 0 Å². The fourth-order valence-corrected chi connectivity index (χ4v) is 1.17. The molecule has 1 rings (SSSR count). The number of nitrogens with two attached hydrogens (primary N) is 1. The zero-order valence-electron chi connectivity index (χ0n) is 5.52. The smallest absolute Gasteiger partial charge is 0.0965 e. The molecule has 0 heterocycles. The van der Waals surface area contributed by atoms with Crippen LogP contribution in [0.1, 0.15) is 19.8 Å². The molecule has 1 aliphatic rings. The van der Waals surface area contributed by atoms with E-state index in [-0.39, 0.29) is 0 Å². The topological polar surface area (TPSA) is 49.8 Å². The lowest BCUT2D eigenvalue weighted by Gasteiger charge is -1.94. The maximum Gasteiger partial charge on any atom is 0.0965 e. The summed E-state index contributed by atoms with van der Waals surface area (Å²) >= 11 is 0. The van der Waals surface area contributed by atoms with Crippen molar-refractivity contribution in [1.29, 1.82) is 5.26 Å². The van der Waals surface area contributed by atoms with Crippen LogP contribution in [0.5, 0.6) is 0 Å². The van der Waals surface area contributed by atoms with Crippen molar-refractivity contribution in [3.05, 3.63) is 11.3 Å². The number of rotatable bonds is 0. The number of hydrogen-bond acceptors (Lipinski definition) is 2. The van der Waals surface area contributed by atoms with E-state index in [0.717, 1.165) is 24.1 Å². The number of nitrogens with zero attached hydrogens (tertiary/aromatic N) is 1. The van der Waals surface area contributed by atoms with Crippen molar-refractivity contribution in [2.24, 2.45) is 11.7 Å². The zero-order chi connectivity index (χ0) is 6.85. The first-order valence-corrected chi connectivity index (χ1v) is 3.11. The molecule has 0 aliphatic heterocycles. The summed E-state index contributed by atoms with van der Waals surface area (Å²) in [5.74, 6) is 0.583. The molecule has 2 nitrogen and oxygen atoms in total. The molecular formula is C7H10N2. The largest absolute Gasteiger partial charge is 0.401 e. The standard InChI is InChI=1S/C7H10N2/c1-5-2-6(4-8)7(9)3-5/h5H,2-3,9H2,1H3. The van der Waals surface area contributed by atoms with Gasteiger partial charge in [0.2, 0.25) is 0 Å². The second-order valence-electron chi connectivity index (χ2n) is 2.63. The van der Waals surface area contributed by atoms with E-state index < -0.39 is 0 Å². The van der Waals surface area contributed by atoms with Gasteiger partial charge >= 0.3 is 0 Å². The summed E-state index contributed by atoms with van der Waals surface area (Å²) in [4.78, 5) is 0. The fourth-order valence-electron chi connectivity index (χ4n) is 1.17. The molecule has 9 heavy (non-hydrogen) atoms. The minimum absolute atomic E-state index is 0.583. The Balaban J connectivity index is 2.73. The normalized spacial score (nSPS) is 26.4. The Morgan fingerprint density at radius 2 is 2.33 bits per heavy atom. The lowest BCUT2D eigenvalue weighted by molar-refractivity contribution is 0.622. The second kappa shape index (κ2) is 2.10. The van der Waals surface area contributed by atoms with E-state index in [9.17, 15) is 0 Å². The van der Waals surface area contributed by atoms with Crippen LogP contribution in [0.2, 0.25) is 0 Å². The summed E-state index contributed by atoms with van der Waals surface area (Å²) in [6.07, 6.45) is 1.78. The quantitative estimate of drug-likeness (QED) is 0.524. The summed E-state index contributed by atoms with van der Waals surface area (Å²) in [7, 11) is 0. The molecule has 1 aliphatic carbocycles. The van der Waals surface area contributed by atoms with Crippen molar-refractivity contribution in [2.45, 2.75) is 19.8 Å². The SMILES string of the molecule is CC1CC(N)=C(C#N)C1. The number of nitriles is 1. The molecule has 0 saturated carbocycles. The third kappa shape index (κ3) is 1.05. The first-order valence-electron chi connectivity index (χ1n) is 3.11. The zero-order valence-corrected chi connectivity index (χ0v) is 5.52. The van der Waals surface area contributed by atoms with E-state index in [4.69, 9.17) is 11.0 Å². The van der Waals surface area contributed by atoms with Crippen LogP contribution in [-0.4, -0.2) is 0 Å². The molecular weight excluding hydrogens is 112 g/mol. The third-order valence-electron chi connectivity index (χ3n) is 1.64. The van der Waals surface area contributed by atoms with Gasteiger partial charge in [-0.1, -0.05) is 6.92 Å². The summed E-state index contributed by atoms with van der Waals surface area (Å²) < 4.78 is 0. The number of allylic oxidation sites excluding steroid dienone is 2.